The van der Waals surface area contributed by atoms with E-state index in [0.29, 0.717) is 6.61 Å². The molecule has 0 aliphatic rings. The molecule has 0 fully saturated rings. The normalized spacial score (nSPS) is 10.9. The molecule has 1 N–H and O–H groups in total. The first-order valence-electron chi connectivity index (χ1n) is 8.16. The molecule has 0 aliphatic heterocycles. The molecule has 0 radical (unpaired) electrons. The van der Waals surface area contributed by atoms with Gasteiger partial charge in [-0.2, -0.15) is 0 Å². The highest BCUT2D eigenvalue weighted by molar-refractivity contribution is 5.90. The summed E-state index contributed by atoms with van der Waals surface area (Å²) in [6.07, 6.45) is 0. The molecule has 118 valence electrons. The fraction of sp³-hybridized carbons (Fsp3) is 0.0909. The summed E-state index contributed by atoms with van der Waals surface area (Å²) in [5.74, 6) is 0.885. The highest BCUT2D eigenvalue weighted by Crippen LogP contribution is 2.31. The van der Waals surface area contributed by atoms with E-state index in [4.69, 9.17) is 4.74 Å². The maximum Gasteiger partial charge on any atom is 0.143 e. The lowest BCUT2D eigenvalue weighted by Gasteiger charge is -2.07. The van der Waals surface area contributed by atoms with Gasteiger partial charge in [-0.1, -0.05) is 66.7 Å². The van der Waals surface area contributed by atoms with E-state index >= 15 is 0 Å². The fourth-order valence-electron chi connectivity index (χ4n) is 3.00. The number of hydrogen-bond acceptors (Lipinski definition) is 1. The van der Waals surface area contributed by atoms with Crippen molar-refractivity contribution in [3.63, 3.8) is 0 Å². The number of aromatic nitrogens is 1. The van der Waals surface area contributed by atoms with Crippen LogP contribution in [0.15, 0.2) is 78.9 Å². The second-order valence-electron chi connectivity index (χ2n) is 5.99. The molecule has 1 heterocycles. The average Bonchev–Trinajstić information content (AvgIpc) is 3.06. The summed E-state index contributed by atoms with van der Waals surface area (Å²) < 4.78 is 6.05. The van der Waals surface area contributed by atoms with Crippen LogP contribution < -0.4 is 4.74 Å². The Labute approximate surface area is 141 Å². The molecule has 0 bridgehead atoms. The molecule has 4 rings (SSSR count). The van der Waals surface area contributed by atoms with Crippen LogP contribution in [0.3, 0.4) is 0 Å². The fourth-order valence-corrected chi connectivity index (χ4v) is 3.00. The summed E-state index contributed by atoms with van der Waals surface area (Å²) in [5.41, 5.74) is 5.82. The zero-order valence-electron chi connectivity index (χ0n) is 13.6. The van der Waals surface area contributed by atoms with Crippen LogP contribution in [0.2, 0.25) is 0 Å². The number of aryl methyl sites for hydroxylation is 1. The van der Waals surface area contributed by atoms with Gasteiger partial charge in [-0.05, 0) is 30.2 Å². The number of aromatic amines is 1. The zero-order chi connectivity index (χ0) is 16.4. The Bertz CT molecular complexity index is 970. The number of para-hydroxylation sites is 1. The van der Waals surface area contributed by atoms with Crippen molar-refractivity contribution in [2.45, 2.75) is 13.5 Å². The van der Waals surface area contributed by atoms with E-state index in [-0.39, 0.29) is 0 Å². The average molecular weight is 313 g/mol. The Balaban J connectivity index is 1.69. The van der Waals surface area contributed by atoms with Crippen LogP contribution in [0.1, 0.15) is 11.1 Å². The Kier molecular flexibility index (Phi) is 3.80. The molecular weight excluding hydrogens is 294 g/mol. The Morgan fingerprint density at radius 2 is 1.62 bits per heavy atom. The third kappa shape index (κ3) is 2.79. The molecule has 3 aromatic carbocycles. The molecule has 2 nitrogen and oxygen atoms in total. The molecule has 0 spiro atoms. The topological polar surface area (TPSA) is 25.0 Å². The first-order valence-corrected chi connectivity index (χ1v) is 8.16. The summed E-state index contributed by atoms with van der Waals surface area (Å²) in [6, 6.07) is 27.0. The molecule has 2 heteroatoms. The van der Waals surface area contributed by atoms with E-state index in [9.17, 15) is 0 Å². The van der Waals surface area contributed by atoms with Gasteiger partial charge >= 0.3 is 0 Å². The monoisotopic (exact) mass is 313 g/mol. The lowest BCUT2D eigenvalue weighted by molar-refractivity contribution is 0.309. The minimum Gasteiger partial charge on any atom is -0.487 e. The lowest BCUT2D eigenvalue weighted by Crippen LogP contribution is -1.95. The predicted molar refractivity (Wildman–Crippen MR) is 99.2 cm³/mol. The summed E-state index contributed by atoms with van der Waals surface area (Å²) in [6.45, 7) is 2.70. The standard InChI is InChI=1S/C22H19NO/c1-16-8-5-6-12-19(16)20-14-18-11-7-13-21(22(18)23-20)24-15-17-9-3-2-4-10-17/h2-14,23H,15H2,1H3. The molecule has 0 saturated heterocycles. The number of fused-ring (bicyclic) bond motifs is 1. The van der Waals surface area contributed by atoms with Crippen molar-refractivity contribution in [2.75, 3.05) is 0 Å². The second-order valence-corrected chi connectivity index (χ2v) is 5.99. The number of rotatable bonds is 4. The maximum atomic E-state index is 6.05. The maximum absolute atomic E-state index is 6.05. The van der Waals surface area contributed by atoms with Gasteiger partial charge in [-0.25, -0.2) is 0 Å². The number of ether oxygens (including phenoxy) is 1. The molecule has 0 amide bonds. The van der Waals surface area contributed by atoms with E-state index in [1.54, 1.807) is 0 Å². The predicted octanol–water partition coefficient (Wildman–Crippen LogP) is 5.72. The highest BCUT2D eigenvalue weighted by Gasteiger charge is 2.09. The SMILES string of the molecule is Cc1ccccc1-c1cc2cccc(OCc3ccccc3)c2[nH]1. The summed E-state index contributed by atoms with van der Waals surface area (Å²) in [5, 5.41) is 1.17. The van der Waals surface area contributed by atoms with Gasteiger partial charge in [-0.3, -0.25) is 0 Å². The highest BCUT2D eigenvalue weighted by atomic mass is 16.5. The second kappa shape index (κ2) is 6.25. The van der Waals surface area contributed by atoms with Gasteiger partial charge < -0.3 is 9.72 Å². The smallest absolute Gasteiger partial charge is 0.143 e. The van der Waals surface area contributed by atoms with Gasteiger partial charge in [0.2, 0.25) is 0 Å². The quantitative estimate of drug-likeness (QED) is 0.512. The van der Waals surface area contributed by atoms with Gasteiger partial charge in [0.25, 0.3) is 0 Å². The summed E-state index contributed by atoms with van der Waals surface area (Å²) in [4.78, 5) is 3.53. The first kappa shape index (κ1) is 14.6. The van der Waals surface area contributed by atoms with E-state index in [1.807, 2.05) is 30.3 Å². The van der Waals surface area contributed by atoms with Crippen molar-refractivity contribution < 1.29 is 4.74 Å². The van der Waals surface area contributed by atoms with Crippen molar-refractivity contribution in [1.82, 2.24) is 4.98 Å². The summed E-state index contributed by atoms with van der Waals surface area (Å²) >= 11 is 0. The minimum atomic E-state index is 0.568. The molecule has 0 aliphatic carbocycles. The van der Waals surface area contributed by atoms with Crippen LogP contribution in [0, 0.1) is 6.92 Å². The Morgan fingerprint density at radius 3 is 2.46 bits per heavy atom. The van der Waals surface area contributed by atoms with E-state index in [1.165, 1.54) is 22.1 Å². The third-order valence-electron chi connectivity index (χ3n) is 4.29. The molecule has 24 heavy (non-hydrogen) atoms. The molecular formula is C22H19NO. The van der Waals surface area contributed by atoms with Crippen LogP contribution in [0.5, 0.6) is 5.75 Å². The molecule has 1 aromatic heterocycles. The van der Waals surface area contributed by atoms with Crippen molar-refractivity contribution in [3.8, 4) is 17.0 Å². The summed E-state index contributed by atoms with van der Waals surface area (Å²) in [7, 11) is 0. The lowest BCUT2D eigenvalue weighted by atomic mass is 10.1. The number of hydrogen-bond donors (Lipinski definition) is 1. The van der Waals surface area contributed by atoms with Crippen molar-refractivity contribution in [3.05, 3.63) is 90.0 Å². The van der Waals surface area contributed by atoms with Crippen molar-refractivity contribution >= 4 is 10.9 Å². The van der Waals surface area contributed by atoms with E-state index in [0.717, 1.165) is 17.0 Å². The van der Waals surface area contributed by atoms with E-state index < -0.39 is 0 Å². The van der Waals surface area contributed by atoms with Crippen molar-refractivity contribution in [1.29, 1.82) is 0 Å². The zero-order valence-corrected chi connectivity index (χ0v) is 13.6. The van der Waals surface area contributed by atoms with Gasteiger partial charge in [0.1, 0.15) is 12.4 Å². The Hall–Kier alpha value is -3.00. The first-order chi connectivity index (χ1) is 11.8. The van der Waals surface area contributed by atoms with Gasteiger partial charge in [0.05, 0.1) is 5.52 Å². The van der Waals surface area contributed by atoms with Crippen LogP contribution in [0.25, 0.3) is 22.2 Å². The van der Waals surface area contributed by atoms with Crippen molar-refractivity contribution in [2.24, 2.45) is 0 Å². The molecule has 4 aromatic rings. The van der Waals surface area contributed by atoms with Crippen LogP contribution in [-0.4, -0.2) is 4.98 Å². The van der Waals surface area contributed by atoms with Gasteiger partial charge in [0, 0.05) is 16.6 Å². The van der Waals surface area contributed by atoms with E-state index in [2.05, 4.69) is 60.4 Å². The van der Waals surface area contributed by atoms with Gasteiger partial charge in [0.15, 0.2) is 0 Å². The number of nitrogens with one attached hydrogen (secondary N) is 1. The number of H-pyrrole nitrogens is 1. The number of benzene rings is 3. The van der Waals surface area contributed by atoms with Crippen LogP contribution >= 0.6 is 0 Å². The molecule has 0 saturated carbocycles. The molecule has 0 unspecified atom stereocenters. The minimum absolute atomic E-state index is 0.568. The van der Waals surface area contributed by atoms with Crippen LogP contribution in [-0.2, 0) is 6.61 Å². The van der Waals surface area contributed by atoms with Crippen LogP contribution in [0.4, 0.5) is 0 Å². The Morgan fingerprint density at radius 1 is 0.833 bits per heavy atom. The molecule has 0 atom stereocenters. The largest absolute Gasteiger partial charge is 0.487 e. The third-order valence-corrected chi connectivity index (χ3v) is 4.29. The van der Waals surface area contributed by atoms with Gasteiger partial charge in [-0.15, -0.1) is 0 Å².